The van der Waals surface area contributed by atoms with Gasteiger partial charge in [-0.2, -0.15) is 0 Å². The summed E-state index contributed by atoms with van der Waals surface area (Å²) in [6, 6.07) is 16.9. The van der Waals surface area contributed by atoms with Gasteiger partial charge in [0, 0.05) is 18.5 Å². The van der Waals surface area contributed by atoms with Crippen molar-refractivity contribution in [1.82, 2.24) is 14.6 Å². The lowest BCUT2D eigenvalue weighted by atomic mass is 10.1. The van der Waals surface area contributed by atoms with Crippen LogP contribution in [0.1, 0.15) is 21.5 Å². The molecule has 0 aliphatic carbocycles. The second kappa shape index (κ2) is 8.32. The molecule has 0 radical (unpaired) electrons. The van der Waals surface area contributed by atoms with Crippen molar-refractivity contribution in [2.75, 3.05) is 5.32 Å². The highest BCUT2D eigenvalue weighted by Gasteiger charge is 2.09. The number of carboxylic acids is 1. The summed E-state index contributed by atoms with van der Waals surface area (Å²) < 4.78 is 14.8. The van der Waals surface area contributed by atoms with Gasteiger partial charge in [0.25, 0.3) is 0 Å². The first-order valence-corrected chi connectivity index (χ1v) is 9.86. The average molecular weight is 408 g/mol. The zero-order valence-electron chi connectivity index (χ0n) is 15.2. The summed E-state index contributed by atoms with van der Waals surface area (Å²) in [7, 11) is 0. The molecule has 0 saturated heterocycles. The first-order valence-electron chi connectivity index (χ1n) is 8.87. The maximum absolute atomic E-state index is 13.1. The summed E-state index contributed by atoms with van der Waals surface area (Å²) in [5.74, 6) is 0.102. The molecule has 0 bridgehead atoms. The van der Waals surface area contributed by atoms with E-state index in [1.165, 1.54) is 23.9 Å². The smallest absolute Gasteiger partial charge is 0.335 e. The maximum Gasteiger partial charge on any atom is 0.335 e. The van der Waals surface area contributed by atoms with Crippen LogP contribution in [0, 0.1) is 5.82 Å². The average Bonchev–Trinajstić information content (AvgIpc) is 3.21. The van der Waals surface area contributed by atoms with Gasteiger partial charge in [-0.05, 0) is 47.5 Å². The highest BCUT2D eigenvalue weighted by molar-refractivity contribution is 7.98. The molecule has 0 spiro atoms. The van der Waals surface area contributed by atoms with Crippen molar-refractivity contribution in [3.8, 4) is 0 Å². The molecular formula is C21H17FN4O2S. The number of carboxylic acid groups (broad SMARTS) is 1. The van der Waals surface area contributed by atoms with Gasteiger partial charge in [-0.25, -0.2) is 18.7 Å². The molecule has 146 valence electrons. The van der Waals surface area contributed by atoms with Crippen molar-refractivity contribution in [3.63, 3.8) is 0 Å². The third-order valence-corrected chi connectivity index (χ3v) is 5.22. The molecule has 0 aliphatic heterocycles. The lowest BCUT2D eigenvalue weighted by Crippen LogP contribution is -2.06. The highest BCUT2D eigenvalue weighted by atomic mass is 32.2. The molecule has 4 aromatic rings. The van der Waals surface area contributed by atoms with E-state index in [0.29, 0.717) is 23.3 Å². The first kappa shape index (κ1) is 18.9. The van der Waals surface area contributed by atoms with Gasteiger partial charge in [0.1, 0.15) is 11.3 Å². The van der Waals surface area contributed by atoms with Gasteiger partial charge in [0.2, 0.25) is 5.16 Å². The van der Waals surface area contributed by atoms with Crippen LogP contribution in [0.5, 0.6) is 0 Å². The molecule has 2 heterocycles. The van der Waals surface area contributed by atoms with Crippen LogP contribution < -0.4 is 5.32 Å². The number of rotatable bonds is 7. The van der Waals surface area contributed by atoms with Crippen LogP contribution in [-0.4, -0.2) is 25.7 Å². The van der Waals surface area contributed by atoms with Crippen molar-refractivity contribution >= 4 is 29.1 Å². The van der Waals surface area contributed by atoms with E-state index < -0.39 is 5.97 Å². The molecule has 2 aromatic heterocycles. The van der Waals surface area contributed by atoms with Crippen LogP contribution in [0.3, 0.4) is 0 Å². The number of nitrogens with one attached hydrogen (secondary N) is 1. The molecule has 0 saturated carbocycles. The Balaban J connectivity index is 1.49. The standard InChI is InChI=1S/C21H17FN4O2S/c22-17-9-5-14(6-10-17)12-23-19-18-2-1-11-26(18)25-21(24-19)29-13-15-3-7-16(8-4-15)20(27)28/h1-11H,12-13H2,(H,27,28)(H,23,24,25). The minimum absolute atomic E-state index is 0.260. The Morgan fingerprint density at radius 2 is 1.79 bits per heavy atom. The largest absolute Gasteiger partial charge is 0.478 e. The van der Waals surface area contributed by atoms with Crippen LogP contribution >= 0.6 is 11.8 Å². The molecule has 0 fully saturated rings. The van der Waals surface area contributed by atoms with Crippen LogP contribution in [0.2, 0.25) is 0 Å². The molecule has 29 heavy (non-hydrogen) atoms. The molecule has 6 nitrogen and oxygen atoms in total. The van der Waals surface area contributed by atoms with E-state index in [-0.39, 0.29) is 11.4 Å². The second-order valence-electron chi connectivity index (χ2n) is 6.35. The fourth-order valence-corrected chi connectivity index (χ4v) is 3.57. The molecule has 0 atom stereocenters. The number of fused-ring (bicyclic) bond motifs is 1. The quantitative estimate of drug-likeness (QED) is 0.439. The molecule has 4 rings (SSSR count). The minimum Gasteiger partial charge on any atom is -0.478 e. The third-order valence-electron chi connectivity index (χ3n) is 4.31. The van der Waals surface area contributed by atoms with Gasteiger partial charge < -0.3 is 10.4 Å². The van der Waals surface area contributed by atoms with Crippen LogP contribution in [0.25, 0.3) is 5.52 Å². The Morgan fingerprint density at radius 1 is 1.07 bits per heavy atom. The SMILES string of the molecule is O=C(O)c1ccc(CSc2nc(NCc3ccc(F)cc3)c3cccn3n2)cc1. The summed E-state index contributed by atoms with van der Waals surface area (Å²) in [5.41, 5.74) is 3.04. The van der Waals surface area contributed by atoms with Crippen LogP contribution in [0.4, 0.5) is 10.2 Å². The van der Waals surface area contributed by atoms with E-state index in [9.17, 15) is 9.18 Å². The molecule has 8 heteroatoms. The van der Waals surface area contributed by atoms with Crippen molar-refractivity contribution in [1.29, 1.82) is 0 Å². The van der Waals surface area contributed by atoms with Crippen molar-refractivity contribution in [2.45, 2.75) is 17.5 Å². The molecule has 0 unspecified atom stereocenters. The number of aromatic nitrogens is 3. The first-order chi connectivity index (χ1) is 14.1. The number of anilines is 1. The van der Waals surface area contributed by atoms with E-state index >= 15 is 0 Å². The Bertz CT molecular complexity index is 1140. The monoisotopic (exact) mass is 408 g/mol. The number of hydrogen-bond donors (Lipinski definition) is 2. The molecular weight excluding hydrogens is 391 g/mol. The topological polar surface area (TPSA) is 79.5 Å². The van der Waals surface area contributed by atoms with E-state index in [0.717, 1.165) is 16.6 Å². The van der Waals surface area contributed by atoms with Gasteiger partial charge >= 0.3 is 5.97 Å². The molecule has 0 amide bonds. The number of aromatic carboxylic acids is 1. The maximum atomic E-state index is 13.1. The Kier molecular flexibility index (Phi) is 5.44. The summed E-state index contributed by atoms with van der Waals surface area (Å²) in [6.45, 7) is 0.513. The fourth-order valence-electron chi connectivity index (χ4n) is 2.79. The third kappa shape index (κ3) is 4.55. The number of thioether (sulfide) groups is 1. The van der Waals surface area contributed by atoms with Crippen LogP contribution in [-0.2, 0) is 12.3 Å². The Morgan fingerprint density at radius 3 is 2.52 bits per heavy atom. The summed E-state index contributed by atoms with van der Waals surface area (Å²) >= 11 is 1.46. The highest BCUT2D eigenvalue weighted by Crippen LogP contribution is 2.23. The zero-order chi connectivity index (χ0) is 20.2. The summed E-state index contributed by atoms with van der Waals surface area (Å²) in [4.78, 5) is 15.6. The van der Waals surface area contributed by atoms with E-state index in [1.807, 2.05) is 18.3 Å². The number of carbonyl (C=O) groups is 1. The van der Waals surface area contributed by atoms with Gasteiger partial charge in [-0.3, -0.25) is 0 Å². The van der Waals surface area contributed by atoms with Crippen molar-refractivity contribution < 1.29 is 14.3 Å². The summed E-state index contributed by atoms with van der Waals surface area (Å²) in [5, 5.41) is 17.4. The van der Waals surface area contributed by atoms with Gasteiger partial charge in [-0.1, -0.05) is 36.0 Å². The van der Waals surface area contributed by atoms with E-state index in [2.05, 4.69) is 15.4 Å². The van der Waals surface area contributed by atoms with Crippen molar-refractivity contribution in [3.05, 3.63) is 89.4 Å². The second-order valence-corrected chi connectivity index (χ2v) is 7.29. The molecule has 2 aromatic carbocycles. The number of hydrogen-bond acceptors (Lipinski definition) is 5. The predicted molar refractivity (Wildman–Crippen MR) is 110 cm³/mol. The summed E-state index contributed by atoms with van der Waals surface area (Å²) in [6.07, 6.45) is 1.85. The van der Waals surface area contributed by atoms with Crippen molar-refractivity contribution in [2.24, 2.45) is 0 Å². The Labute approximate surface area is 170 Å². The minimum atomic E-state index is -0.942. The lowest BCUT2D eigenvalue weighted by molar-refractivity contribution is 0.0697. The Hall–Kier alpha value is -3.39. The predicted octanol–water partition coefficient (Wildman–Crippen LogP) is 4.47. The van der Waals surface area contributed by atoms with E-state index in [4.69, 9.17) is 5.11 Å². The van der Waals surface area contributed by atoms with E-state index in [1.54, 1.807) is 40.9 Å². The molecule has 2 N–H and O–H groups in total. The normalized spacial score (nSPS) is 10.9. The van der Waals surface area contributed by atoms with Crippen LogP contribution in [0.15, 0.2) is 72.0 Å². The van der Waals surface area contributed by atoms with Gasteiger partial charge in [0.15, 0.2) is 5.82 Å². The van der Waals surface area contributed by atoms with Gasteiger partial charge in [-0.15, -0.1) is 5.10 Å². The molecule has 0 aliphatic rings. The zero-order valence-corrected chi connectivity index (χ0v) is 16.1. The number of halogens is 1. The fraction of sp³-hybridized carbons (Fsp3) is 0.0952. The lowest BCUT2D eigenvalue weighted by Gasteiger charge is -2.10. The number of nitrogens with zero attached hydrogens (tertiary/aromatic N) is 3. The number of benzene rings is 2. The van der Waals surface area contributed by atoms with Gasteiger partial charge in [0.05, 0.1) is 5.56 Å².